The molecule has 1 saturated heterocycles. The molecule has 2 rings (SSSR count). The zero-order chi connectivity index (χ0) is 24.7. The van der Waals surface area contributed by atoms with E-state index in [0.717, 1.165) is 22.1 Å². The summed E-state index contributed by atoms with van der Waals surface area (Å²) >= 11 is 0. The van der Waals surface area contributed by atoms with Gasteiger partial charge in [-0.15, -0.1) is 0 Å². The topological polar surface area (TPSA) is 129 Å². The Morgan fingerprint density at radius 2 is 1.94 bits per heavy atom. The number of nitrogens with two attached hydrogens (primary N) is 1. The van der Waals surface area contributed by atoms with Crippen molar-refractivity contribution in [1.29, 1.82) is 0 Å². The molecule has 0 aliphatic carbocycles. The lowest BCUT2D eigenvalue weighted by Gasteiger charge is -2.28. The summed E-state index contributed by atoms with van der Waals surface area (Å²) in [5, 5.41) is 2.77. The standard InChI is InChI=1S/C18H24F4N6O5/c1-3-26(4-5-28(32-2)17(30)25-23)14-12(19)6-10(7-13(14)20)27-9-11(33-18(27)31)8-24-16(29)15(21)22/h6-7,11,15H,3-5,8-9,23H2,1-2H3,(H,24,29)(H,25,30)/t11-/m0/s1. The van der Waals surface area contributed by atoms with Crippen molar-refractivity contribution in [2.45, 2.75) is 19.5 Å². The summed E-state index contributed by atoms with van der Waals surface area (Å²) in [7, 11) is 1.23. The number of alkyl halides is 2. The molecule has 15 heteroatoms. The third-order valence-electron chi connectivity index (χ3n) is 4.73. The molecule has 4 amide bonds. The van der Waals surface area contributed by atoms with Gasteiger partial charge in [0.05, 0.1) is 32.4 Å². The van der Waals surface area contributed by atoms with E-state index in [9.17, 15) is 31.9 Å². The number of carbonyl (C=O) groups is 3. The number of nitrogens with zero attached hydrogens (tertiary/aromatic N) is 3. The number of nitrogens with one attached hydrogen (secondary N) is 2. The Labute approximate surface area is 186 Å². The number of amides is 4. The summed E-state index contributed by atoms with van der Waals surface area (Å²) in [6.07, 6.45) is -5.16. The molecule has 0 bridgehead atoms. The molecule has 1 aromatic carbocycles. The molecular weight excluding hydrogens is 456 g/mol. The van der Waals surface area contributed by atoms with E-state index in [1.165, 1.54) is 12.0 Å². The number of halogens is 4. The van der Waals surface area contributed by atoms with Crippen molar-refractivity contribution in [3.63, 3.8) is 0 Å². The zero-order valence-electron chi connectivity index (χ0n) is 17.8. The van der Waals surface area contributed by atoms with Crippen molar-refractivity contribution in [3.8, 4) is 0 Å². The summed E-state index contributed by atoms with van der Waals surface area (Å²) < 4.78 is 59.2. The van der Waals surface area contributed by atoms with Crippen molar-refractivity contribution in [1.82, 2.24) is 15.8 Å². The highest BCUT2D eigenvalue weighted by molar-refractivity contribution is 5.90. The average molecular weight is 480 g/mol. The maximum absolute atomic E-state index is 14.9. The van der Waals surface area contributed by atoms with Crippen LogP contribution >= 0.6 is 0 Å². The quantitative estimate of drug-likeness (QED) is 0.197. The molecule has 1 fully saturated rings. The second-order valence-corrected chi connectivity index (χ2v) is 6.73. The number of rotatable bonds is 10. The molecule has 0 radical (unpaired) electrons. The number of cyclic esters (lactones) is 1. The molecule has 1 aliphatic heterocycles. The Balaban J connectivity index is 2.13. The smallest absolute Gasteiger partial charge is 0.414 e. The van der Waals surface area contributed by atoms with E-state index in [4.69, 9.17) is 15.4 Å². The first-order chi connectivity index (χ1) is 15.6. The fourth-order valence-corrected chi connectivity index (χ4v) is 3.13. The van der Waals surface area contributed by atoms with E-state index >= 15 is 0 Å². The summed E-state index contributed by atoms with van der Waals surface area (Å²) in [4.78, 5) is 41.7. The predicted octanol–water partition coefficient (Wildman–Crippen LogP) is 0.944. The van der Waals surface area contributed by atoms with Crippen LogP contribution < -0.4 is 26.4 Å². The highest BCUT2D eigenvalue weighted by Crippen LogP contribution is 2.31. The van der Waals surface area contributed by atoms with E-state index in [2.05, 4.69) is 0 Å². The van der Waals surface area contributed by atoms with Gasteiger partial charge in [-0.05, 0) is 6.92 Å². The minimum Gasteiger partial charge on any atom is -0.442 e. The highest BCUT2D eigenvalue weighted by Gasteiger charge is 2.34. The average Bonchev–Trinajstić information content (AvgIpc) is 3.15. The normalized spacial score (nSPS) is 15.5. The number of urea groups is 1. The van der Waals surface area contributed by atoms with Crippen molar-refractivity contribution in [3.05, 3.63) is 23.8 Å². The van der Waals surface area contributed by atoms with Crippen LogP contribution in [0.5, 0.6) is 0 Å². The van der Waals surface area contributed by atoms with Crippen molar-refractivity contribution >= 4 is 29.4 Å². The molecule has 184 valence electrons. The van der Waals surface area contributed by atoms with Crippen molar-refractivity contribution < 1.29 is 41.5 Å². The fourth-order valence-electron chi connectivity index (χ4n) is 3.13. The lowest BCUT2D eigenvalue weighted by molar-refractivity contribution is -0.132. The van der Waals surface area contributed by atoms with Gasteiger partial charge in [-0.25, -0.2) is 29.3 Å². The van der Waals surface area contributed by atoms with E-state index < -0.39 is 47.9 Å². The molecule has 1 heterocycles. The molecule has 1 atom stereocenters. The van der Waals surface area contributed by atoms with Crippen molar-refractivity contribution in [2.24, 2.45) is 5.84 Å². The number of hydrogen-bond donors (Lipinski definition) is 3. The van der Waals surface area contributed by atoms with Gasteiger partial charge in [0.25, 0.3) is 5.91 Å². The van der Waals surface area contributed by atoms with Gasteiger partial charge in [-0.3, -0.25) is 20.0 Å². The van der Waals surface area contributed by atoms with Crippen LogP contribution in [0.1, 0.15) is 6.92 Å². The SMILES string of the molecule is CCN(CCN(OC)C(=O)NN)c1c(F)cc(N2C[C@H](CNC(=O)C(F)F)OC2=O)cc1F. The van der Waals surface area contributed by atoms with Gasteiger partial charge in [-0.1, -0.05) is 0 Å². The molecule has 0 spiro atoms. The minimum atomic E-state index is -3.23. The van der Waals surface area contributed by atoms with Gasteiger partial charge >= 0.3 is 18.5 Å². The molecule has 0 saturated carbocycles. The maximum atomic E-state index is 14.9. The Kier molecular flexibility index (Phi) is 9.04. The number of hydrogen-bond acceptors (Lipinski definition) is 7. The van der Waals surface area contributed by atoms with Crippen LogP contribution in [0.25, 0.3) is 0 Å². The molecule has 0 unspecified atom stereocenters. The maximum Gasteiger partial charge on any atom is 0.414 e. The van der Waals surface area contributed by atoms with E-state index in [0.29, 0.717) is 0 Å². The Bertz CT molecular complexity index is 854. The van der Waals surface area contributed by atoms with E-state index in [-0.39, 0.29) is 38.4 Å². The number of benzene rings is 1. The van der Waals surface area contributed by atoms with Crippen LogP contribution in [0.3, 0.4) is 0 Å². The molecule has 33 heavy (non-hydrogen) atoms. The van der Waals surface area contributed by atoms with E-state index in [1.54, 1.807) is 6.92 Å². The van der Waals surface area contributed by atoms with E-state index in [1.807, 2.05) is 10.7 Å². The number of hydrazine groups is 1. The van der Waals surface area contributed by atoms with Gasteiger partial charge < -0.3 is 15.0 Å². The molecule has 11 nitrogen and oxygen atoms in total. The van der Waals surface area contributed by atoms with Gasteiger partial charge in [0.15, 0.2) is 11.6 Å². The summed E-state index contributed by atoms with van der Waals surface area (Å²) in [6, 6.07) is 1.09. The third kappa shape index (κ3) is 6.35. The first-order valence-corrected chi connectivity index (χ1v) is 9.73. The Morgan fingerprint density at radius 3 is 2.45 bits per heavy atom. The molecule has 0 aromatic heterocycles. The summed E-state index contributed by atoms with van der Waals surface area (Å²) in [6.45, 7) is 1.14. The summed E-state index contributed by atoms with van der Waals surface area (Å²) in [5.41, 5.74) is 1.33. The zero-order valence-corrected chi connectivity index (χ0v) is 17.8. The van der Waals surface area contributed by atoms with Crippen LogP contribution in [-0.2, 0) is 14.4 Å². The number of hydroxylamine groups is 2. The minimum absolute atomic E-state index is 0.0113. The Hall–Kier alpha value is -3.33. The lowest BCUT2D eigenvalue weighted by Crippen LogP contribution is -2.46. The van der Waals surface area contributed by atoms with Gasteiger partial charge in [0.2, 0.25) is 0 Å². The van der Waals surface area contributed by atoms with Gasteiger partial charge in [0.1, 0.15) is 11.8 Å². The number of carbonyl (C=O) groups excluding carboxylic acids is 3. The molecular formula is C18H24F4N6O5. The summed E-state index contributed by atoms with van der Waals surface area (Å²) in [5.74, 6) is 1.54. The largest absolute Gasteiger partial charge is 0.442 e. The van der Waals surface area contributed by atoms with Gasteiger partial charge in [-0.2, -0.15) is 8.78 Å². The van der Waals surface area contributed by atoms with Crippen LogP contribution in [-0.4, -0.2) is 75.5 Å². The second kappa shape index (κ2) is 11.5. The lowest BCUT2D eigenvalue weighted by atomic mass is 10.2. The first-order valence-electron chi connectivity index (χ1n) is 9.73. The Morgan fingerprint density at radius 1 is 1.30 bits per heavy atom. The first kappa shape index (κ1) is 25.9. The number of anilines is 2. The van der Waals surface area contributed by atoms with Crippen LogP contribution in [0.15, 0.2) is 12.1 Å². The second-order valence-electron chi connectivity index (χ2n) is 6.73. The fraction of sp³-hybridized carbons (Fsp3) is 0.500. The van der Waals surface area contributed by atoms with Crippen LogP contribution in [0.4, 0.5) is 38.5 Å². The predicted molar refractivity (Wildman–Crippen MR) is 107 cm³/mol. The monoisotopic (exact) mass is 480 g/mol. The highest BCUT2D eigenvalue weighted by atomic mass is 19.3. The third-order valence-corrected chi connectivity index (χ3v) is 4.73. The van der Waals surface area contributed by atoms with Crippen molar-refractivity contribution in [2.75, 3.05) is 49.6 Å². The van der Waals surface area contributed by atoms with Crippen LogP contribution in [0.2, 0.25) is 0 Å². The molecule has 4 N–H and O–H groups in total. The molecule has 1 aromatic rings. The molecule has 1 aliphatic rings. The number of ether oxygens (including phenoxy) is 1. The number of likely N-dealkylation sites (N-methyl/N-ethyl adjacent to an activating group) is 1. The van der Waals surface area contributed by atoms with Crippen LogP contribution in [0, 0.1) is 11.6 Å². The van der Waals surface area contributed by atoms with Gasteiger partial charge in [0, 0.05) is 25.2 Å².